The molecule has 6 heteroatoms. The smallest absolute Gasteiger partial charge is 0.191 e. The number of nitrogens with zero attached hydrogens (tertiary/aromatic N) is 2. The van der Waals surface area contributed by atoms with Gasteiger partial charge in [0.1, 0.15) is 9.84 Å². The largest absolute Gasteiger partial charge is 0.370 e. The van der Waals surface area contributed by atoms with E-state index in [4.69, 9.17) is 5.73 Å². The van der Waals surface area contributed by atoms with Crippen molar-refractivity contribution in [1.82, 2.24) is 4.90 Å². The van der Waals surface area contributed by atoms with Gasteiger partial charge in [0.2, 0.25) is 0 Å². The van der Waals surface area contributed by atoms with Gasteiger partial charge in [-0.1, -0.05) is 6.92 Å². The average molecular weight is 287 g/mol. The summed E-state index contributed by atoms with van der Waals surface area (Å²) in [5.74, 6) is 2.33. The summed E-state index contributed by atoms with van der Waals surface area (Å²) in [6.07, 6.45) is 3.91. The van der Waals surface area contributed by atoms with E-state index in [0.29, 0.717) is 35.8 Å². The molecule has 0 spiro atoms. The van der Waals surface area contributed by atoms with Crippen LogP contribution in [-0.4, -0.2) is 50.4 Å². The molecule has 0 radical (unpaired) electrons. The minimum Gasteiger partial charge on any atom is -0.370 e. The molecule has 0 aromatic rings. The number of rotatable bonds is 2. The van der Waals surface area contributed by atoms with Gasteiger partial charge >= 0.3 is 0 Å². The third-order valence-electron chi connectivity index (χ3n) is 4.17. The minimum atomic E-state index is -2.77. The Morgan fingerprint density at radius 1 is 1.32 bits per heavy atom. The summed E-state index contributed by atoms with van der Waals surface area (Å²) < 4.78 is 22.7. The van der Waals surface area contributed by atoms with Gasteiger partial charge in [-0.25, -0.2) is 8.42 Å². The van der Waals surface area contributed by atoms with Crippen molar-refractivity contribution in [3.63, 3.8) is 0 Å². The van der Waals surface area contributed by atoms with Crippen molar-refractivity contribution in [2.24, 2.45) is 22.6 Å². The van der Waals surface area contributed by atoms with E-state index < -0.39 is 9.84 Å². The molecular formula is C13H25N3O2S. The van der Waals surface area contributed by atoms with Crippen LogP contribution in [-0.2, 0) is 9.84 Å². The van der Waals surface area contributed by atoms with E-state index >= 15 is 0 Å². The maximum Gasteiger partial charge on any atom is 0.191 e. The number of hydrogen-bond donors (Lipinski definition) is 1. The third-order valence-corrected chi connectivity index (χ3v) is 5.88. The van der Waals surface area contributed by atoms with Crippen LogP contribution in [0.5, 0.6) is 0 Å². The van der Waals surface area contributed by atoms with Crippen LogP contribution in [0, 0.1) is 11.8 Å². The fraction of sp³-hybridized carbons (Fsp3) is 0.923. The highest BCUT2D eigenvalue weighted by Gasteiger charge is 2.24. The second-order valence-electron chi connectivity index (χ2n) is 5.99. The molecule has 5 nitrogen and oxygen atoms in total. The van der Waals surface area contributed by atoms with Crippen LogP contribution in [0.2, 0.25) is 0 Å². The van der Waals surface area contributed by atoms with E-state index in [0.717, 1.165) is 25.9 Å². The summed E-state index contributed by atoms with van der Waals surface area (Å²) in [7, 11) is -2.77. The van der Waals surface area contributed by atoms with E-state index in [-0.39, 0.29) is 0 Å². The predicted molar refractivity (Wildman–Crippen MR) is 77.8 cm³/mol. The lowest BCUT2D eigenvalue weighted by atomic mass is 10.0. The first-order valence-corrected chi connectivity index (χ1v) is 9.04. The lowest BCUT2D eigenvalue weighted by Gasteiger charge is -2.32. The van der Waals surface area contributed by atoms with Gasteiger partial charge in [0.05, 0.1) is 11.5 Å². The number of aliphatic imine (C=N–C) groups is 1. The molecular weight excluding hydrogens is 262 g/mol. The highest BCUT2D eigenvalue weighted by atomic mass is 32.2. The van der Waals surface area contributed by atoms with Crippen molar-refractivity contribution in [2.45, 2.75) is 32.6 Å². The normalized spacial score (nSPS) is 29.4. The second-order valence-corrected chi connectivity index (χ2v) is 8.29. The summed E-state index contributed by atoms with van der Waals surface area (Å²) in [6.45, 7) is 4.91. The van der Waals surface area contributed by atoms with Crippen molar-refractivity contribution in [2.75, 3.05) is 31.1 Å². The van der Waals surface area contributed by atoms with Crippen molar-refractivity contribution in [3.8, 4) is 0 Å². The molecule has 0 unspecified atom stereocenters. The zero-order valence-corrected chi connectivity index (χ0v) is 12.5. The number of piperidine rings is 1. The molecule has 0 aliphatic carbocycles. The van der Waals surface area contributed by atoms with Gasteiger partial charge < -0.3 is 10.6 Å². The summed E-state index contributed by atoms with van der Waals surface area (Å²) in [5, 5.41) is 0. The van der Waals surface area contributed by atoms with Crippen LogP contribution in [0.25, 0.3) is 0 Å². The topological polar surface area (TPSA) is 75.8 Å². The first kappa shape index (κ1) is 14.6. The molecule has 2 aliphatic heterocycles. The number of nitrogens with two attached hydrogens (primary N) is 1. The van der Waals surface area contributed by atoms with Gasteiger partial charge in [-0.3, -0.25) is 4.99 Å². The van der Waals surface area contributed by atoms with Gasteiger partial charge in [-0.05, 0) is 37.5 Å². The first-order valence-electron chi connectivity index (χ1n) is 7.21. The van der Waals surface area contributed by atoms with Gasteiger partial charge in [0, 0.05) is 19.6 Å². The molecule has 0 amide bonds. The summed E-state index contributed by atoms with van der Waals surface area (Å²) >= 11 is 0. The van der Waals surface area contributed by atoms with Gasteiger partial charge in [0.15, 0.2) is 5.96 Å². The van der Waals surface area contributed by atoms with Crippen molar-refractivity contribution in [1.29, 1.82) is 0 Å². The van der Waals surface area contributed by atoms with Gasteiger partial charge in [0.25, 0.3) is 0 Å². The Morgan fingerprint density at radius 2 is 2.00 bits per heavy atom. The maximum absolute atomic E-state index is 11.3. The quantitative estimate of drug-likeness (QED) is 0.603. The lowest BCUT2D eigenvalue weighted by Crippen LogP contribution is -2.43. The van der Waals surface area contributed by atoms with Crippen LogP contribution >= 0.6 is 0 Å². The fourth-order valence-electron chi connectivity index (χ4n) is 2.84. The van der Waals surface area contributed by atoms with E-state index in [1.54, 1.807) is 0 Å². The van der Waals surface area contributed by atoms with Crippen molar-refractivity contribution < 1.29 is 8.42 Å². The molecule has 0 bridgehead atoms. The molecule has 19 heavy (non-hydrogen) atoms. The molecule has 0 aromatic heterocycles. The van der Waals surface area contributed by atoms with Crippen LogP contribution in [0.3, 0.4) is 0 Å². The second kappa shape index (κ2) is 6.11. The highest BCUT2D eigenvalue weighted by Crippen LogP contribution is 2.19. The number of sulfone groups is 1. The maximum atomic E-state index is 11.3. The van der Waals surface area contributed by atoms with Crippen LogP contribution < -0.4 is 5.73 Å². The zero-order valence-electron chi connectivity index (χ0n) is 11.7. The Kier molecular flexibility index (Phi) is 4.71. The number of guanidine groups is 1. The Balaban J connectivity index is 1.81. The summed E-state index contributed by atoms with van der Waals surface area (Å²) in [4.78, 5) is 6.64. The highest BCUT2D eigenvalue weighted by molar-refractivity contribution is 7.91. The minimum absolute atomic E-state index is 0.313. The van der Waals surface area contributed by atoms with Crippen molar-refractivity contribution >= 4 is 15.8 Å². The fourth-order valence-corrected chi connectivity index (χ4v) is 4.43. The Hall–Kier alpha value is -0.780. The SMILES string of the molecule is C[C@H]1CCCN(C(N)=NCC2CCS(=O)(=O)CC2)C1. The Morgan fingerprint density at radius 3 is 2.63 bits per heavy atom. The summed E-state index contributed by atoms with van der Waals surface area (Å²) in [5.41, 5.74) is 6.04. The van der Waals surface area contributed by atoms with Gasteiger partial charge in [-0.15, -0.1) is 0 Å². The molecule has 110 valence electrons. The number of likely N-dealkylation sites (tertiary alicyclic amines) is 1. The standard InChI is InChI=1S/C13H25N3O2S/c1-11-3-2-6-16(10-11)13(14)15-9-12-4-7-19(17,18)8-5-12/h11-12H,2-10H2,1H3,(H2,14,15)/t11-/m0/s1. The molecule has 2 rings (SSSR count). The Labute approximate surface area is 116 Å². The average Bonchev–Trinajstić information content (AvgIpc) is 2.37. The molecule has 2 aliphatic rings. The van der Waals surface area contributed by atoms with Crippen molar-refractivity contribution in [3.05, 3.63) is 0 Å². The molecule has 2 N–H and O–H groups in total. The van der Waals surface area contributed by atoms with E-state index in [2.05, 4.69) is 16.8 Å². The van der Waals surface area contributed by atoms with E-state index in [9.17, 15) is 8.42 Å². The third kappa shape index (κ3) is 4.37. The molecule has 1 atom stereocenters. The molecule has 0 saturated carbocycles. The van der Waals surface area contributed by atoms with Crippen LogP contribution in [0.4, 0.5) is 0 Å². The van der Waals surface area contributed by atoms with Crippen LogP contribution in [0.1, 0.15) is 32.6 Å². The molecule has 0 aromatic carbocycles. The first-order chi connectivity index (χ1) is 8.96. The lowest BCUT2D eigenvalue weighted by molar-refractivity contribution is 0.270. The Bertz CT molecular complexity index is 419. The van der Waals surface area contributed by atoms with Gasteiger partial charge in [-0.2, -0.15) is 0 Å². The summed E-state index contributed by atoms with van der Waals surface area (Å²) in [6, 6.07) is 0. The van der Waals surface area contributed by atoms with E-state index in [1.165, 1.54) is 12.8 Å². The van der Waals surface area contributed by atoms with E-state index in [1.807, 2.05) is 0 Å². The predicted octanol–water partition coefficient (Wildman–Crippen LogP) is 0.858. The molecule has 2 fully saturated rings. The zero-order chi connectivity index (χ0) is 13.9. The van der Waals surface area contributed by atoms with Crippen LogP contribution in [0.15, 0.2) is 4.99 Å². The monoisotopic (exact) mass is 287 g/mol. The molecule has 2 saturated heterocycles. The molecule has 2 heterocycles. The number of hydrogen-bond acceptors (Lipinski definition) is 3.